The number of benzene rings is 9. The maximum atomic E-state index is 7.47. The van der Waals surface area contributed by atoms with Crippen molar-refractivity contribution < 1.29 is 4.74 Å². The topological polar surface area (TPSA) is 9.23 Å². The Balaban J connectivity index is 1.26. The van der Waals surface area contributed by atoms with Crippen molar-refractivity contribution in [3.05, 3.63) is 232 Å². The maximum absolute atomic E-state index is 7.47. The molecule has 0 saturated carbocycles. The minimum absolute atomic E-state index is 0.0183. The van der Waals surface area contributed by atoms with Gasteiger partial charge in [0.1, 0.15) is 11.5 Å². The van der Waals surface area contributed by atoms with E-state index in [1.807, 2.05) is 0 Å². The molecule has 1 unspecified atom stereocenters. The first-order valence-electron chi connectivity index (χ1n) is 29.8. The van der Waals surface area contributed by atoms with E-state index in [-0.39, 0.29) is 45.1 Å². The first-order chi connectivity index (χ1) is 37.9. The summed E-state index contributed by atoms with van der Waals surface area (Å²) < 4.78 is 7.47. The molecule has 0 saturated heterocycles. The zero-order valence-corrected chi connectivity index (χ0v) is 51.9. The Morgan fingerprint density at radius 1 is 0.284 bits per heavy atom. The fraction of sp³-hybridized carbons (Fsp3) is 0.316. The van der Waals surface area contributed by atoms with E-state index in [4.69, 9.17) is 4.74 Å². The van der Waals surface area contributed by atoms with Crippen LogP contribution in [-0.4, -0.2) is 6.71 Å². The second-order valence-corrected chi connectivity index (χ2v) is 29.9. The molecule has 2 heterocycles. The molecule has 0 spiro atoms. The van der Waals surface area contributed by atoms with E-state index in [1.165, 1.54) is 117 Å². The Morgan fingerprint density at radius 3 is 1.14 bits per heavy atom. The predicted molar refractivity (Wildman–Crippen MR) is 351 cm³/mol. The van der Waals surface area contributed by atoms with Gasteiger partial charge >= 0.3 is 0 Å². The molecule has 81 heavy (non-hydrogen) atoms. The van der Waals surface area contributed by atoms with E-state index in [0.717, 1.165) is 17.1 Å². The summed E-state index contributed by atoms with van der Waals surface area (Å²) in [5.74, 6) is 1.67. The average molecular weight is 1060 g/mol. The molecule has 1 atom stereocenters. The zero-order valence-electron chi connectivity index (χ0n) is 51.9. The molecule has 11 rings (SSSR count). The summed E-state index contributed by atoms with van der Waals surface area (Å²) >= 11 is 0. The fourth-order valence-corrected chi connectivity index (χ4v) is 12.5. The van der Waals surface area contributed by atoms with Gasteiger partial charge in [0.15, 0.2) is 0 Å². The highest BCUT2D eigenvalue weighted by atomic mass is 16.5. The highest BCUT2D eigenvalue weighted by Gasteiger charge is 2.44. The zero-order chi connectivity index (χ0) is 57.9. The Kier molecular flexibility index (Phi) is 13.6. The van der Waals surface area contributed by atoms with Gasteiger partial charge in [-0.3, -0.25) is 0 Å². The third kappa shape index (κ3) is 10.7. The SMILES string of the molecule is CC(C)(C)c1ccc(-c2cccc(-c3ccc(C(C)(C)C)cc3)c2C2c3ccc(-c4cc(C(C)(C)C)cc(C(C)(C)C)c4)cc3B3c4cc(-c5cc(C(C)(C)C)cc(C(C)(C)C)c5)ccc4Oc4cc(-c5ccccc5)cc2c43)cc1. The van der Waals surface area contributed by atoms with Crippen LogP contribution < -0.4 is 21.1 Å². The highest BCUT2D eigenvalue weighted by molar-refractivity contribution is 6.98. The minimum atomic E-state index is -0.171. The van der Waals surface area contributed by atoms with Crippen molar-refractivity contribution in [2.75, 3.05) is 0 Å². The third-order valence-electron chi connectivity index (χ3n) is 17.6. The second kappa shape index (κ2) is 19.8. The summed E-state index contributed by atoms with van der Waals surface area (Å²) in [5, 5.41) is 0. The fourth-order valence-electron chi connectivity index (χ4n) is 12.5. The van der Waals surface area contributed by atoms with E-state index in [0.29, 0.717) is 0 Å². The van der Waals surface area contributed by atoms with Gasteiger partial charge in [0.05, 0.1) is 0 Å². The van der Waals surface area contributed by atoms with E-state index >= 15 is 0 Å². The van der Waals surface area contributed by atoms with Crippen LogP contribution in [0.4, 0.5) is 0 Å². The summed E-state index contributed by atoms with van der Waals surface area (Å²) in [5.41, 5.74) is 27.8. The lowest BCUT2D eigenvalue weighted by Gasteiger charge is -2.40. The third-order valence-corrected chi connectivity index (χ3v) is 17.6. The molecular formula is C79H85BO. The van der Waals surface area contributed by atoms with Crippen LogP contribution in [0.2, 0.25) is 0 Å². The van der Waals surface area contributed by atoms with Gasteiger partial charge in [0.2, 0.25) is 0 Å². The van der Waals surface area contributed by atoms with Crippen molar-refractivity contribution in [2.45, 2.75) is 163 Å². The van der Waals surface area contributed by atoms with E-state index in [9.17, 15) is 0 Å². The van der Waals surface area contributed by atoms with Crippen LogP contribution in [0.25, 0.3) is 55.6 Å². The first kappa shape index (κ1) is 55.7. The van der Waals surface area contributed by atoms with E-state index in [2.05, 4.69) is 307 Å². The Hall–Kier alpha value is -7.16. The van der Waals surface area contributed by atoms with Gasteiger partial charge in [-0.05, 0) is 161 Å². The molecular weight excluding hydrogens is 976 g/mol. The Morgan fingerprint density at radius 2 is 0.691 bits per heavy atom. The predicted octanol–water partition coefficient (Wildman–Crippen LogP) is 19.9. The molecule has 0 amide bonds. The van der Waals surface area contributed by atoms with Gasteiger partial charge in [-0.15, -0.1) is 0 Å². The molecule has 2 heteroatoms. The van der Waals surface area contributed by atoms with Gasteiger partial charge < -0.3 is 4.74 Å². The van der Waals surface area contributed by atoms with Crippen LogP contribution in [0.1, 0.15) is 181 Å². The van der Waals surface area contributed by atoms with Crippen LogP contribution >= 0.6 is 0 Å². The lowest BCUT2D eigenvalue weighted by atomic mass is 9.31. The van der Waals surface area contributed by atoms with Crippen LogP contribution in [0, 0.1) is 0 Å². The number of rotatable bonds is 6. The second-order valence-electron chi connectivity index (χ2n) is 29.9. The van der Waals surface area contributed by atoms with Crippen molar-refractivity contribution in [3.63, 3.8) is 0 Å². The van der Waals surface area contributed by atoms with Gasteiger partial charge in [0, 0.05) is 5.92 Å². The molecule has 0 aromatic heterocycles. The Labute approximate surface area is 487 Å². The molecule has 9 aromatic rings. The number of hydrogen-bond donors (Lipinski definition) is 0. The summed E-state index contributed by atoms with van der Waals surface area (Å²) in [4.78, 5) is 0. The molecule has 1 nitrogen and oxygen atoms in total. The van der Waals surface area contributed by atoms with Crippen LogP contribution in [0.15, 0.2) is 182 Å². The van der Waals surface area contributed by atoms with Crippen molar-refractivity contribution in [1.82, 2.24) is 0 Å². The van der Waals surface area contributed by atoms with Gasteiger partial charge in [-0.2, -0.15) is 0 Å². The lowest BCUT2D eigenvalue weighted by Crippen LogP contribution is -2.60. The Bertz CT molecular complexity index is 3720. The van der Waals surface area contributed by atoms with Crippen molar-refractivity contribution in [1.29, 1.82) is 0 Å². The summed E-state index contributed by atoms with van der Waals surface area (Å²) in [6.45, 7) is 41.8. The summed E-state index contributed by atoms with van der Waals surface area (Å²) in [6, 6.07) is 70.9. The quantitative estimate of drug-likeness (QED) is 0.151. The number of ether oxygens (including phenoxy) is 1. The van der Waals surface area contributed by atoms with Crippen molar-refractivity contribution in [3.8, 4) is 67.1 Å². The molecule has 9 aromatic carbocycles. The molecule has 0 aliphatic carbocycles. The largest absolute Gasteiger partial charge is 0.458 e. The number of fused-ring (bicyclic) bond motifs is 4. The van der Waals surface area contributed by atoms with Crippen molar-refractivity contribution >= 4 is 23.1 Å². The molecule has 0 fully saturated rings. The molecule has 0 radical (unpaired) electrons. The molecule has 2 aliphatic rings. The van der Waals surface area contributed by atoms with Gasteiger partial charge in [-0.1, -0.05) is 300 Å². The molecule has 410 valence electrons. The first-order valence-corrected chi connectivity index (χ1v) is 29.8. The van der Waals surface area contributed by atoms with E-state index in [1.54, 1.807) is 0 Å². The normalized spacial score (nSPS) is 14.5. The molecule has 0 bridgehead atoms. The smallest absolute Gasteiger partial charge is 0.251 e. The minimum Gasteiger partial charge on any atom is -0.458 e. The maximum Gasteiger partial charge on any atom is 0.251 e. The lowest BCUT2D eigenvalue weighted by molar-refractivity contribution is 0.487. The number of hydrogen-bond acceptors (Lipinski definition) is 1. The van der Waals surface area contributed by atoms with Crippen LogP contribution in [0.3, 0.4) is 0 Å². The monoisotopic (exact) mass is 1060 g/mol. The molecule has 0 N–H and O–H groups in total. The van der Waals surface area contributed by atoms with Crippen LogP contribution in [-0.2, 0) is 32.5 Å². The van der Waals surface area contributed by atoms with Gasteiger partial charge in [0.25, 0.3) is 6.71 Å². The molecule has 2 aliphatic heterocycles. The summed E-state index contributed by atoms with van der Waals surface area (Å²) in [7, 11) is 0. The van der Waals surface area contributed by atoms with Crippen molar-refractivity contribution in [2.24, 2.45) is 0 Å². The van der Waals surface area contributed by atoms with E-state index < -0.39 is 0 Å². The standard InChI is InChI=1S/C79H85BO/c1-74(2,3)57-33-27-50(28-34-57)63-25-22-26-64(51-29-35-58(36-30-51)75(4,5)6)71(63)72-65-37-31-52(54-39-59(76(7,8)9)47-60(40-54)77(10,11)12)44-67(65)80-68-45-53(55-41-61(78(13,14)15)48-62(42-55)79(16,17)18)32-38-69(68)81-70-46-56(43-66(72)73(70)80)49-23-20-19-21-24-49/h19-48,72H,1-18H3. The highest BCUT2D eigenvalue weighted by Crippen LogP contribution is 2.49. The average Bonchev–Trinajstić information content (AvgIpc) is 3.61. The van der Waals surface area contributed by atoms with Gasteiger partial charge in [-0.25, -0.2) is 0 Å². The van der Waals surface area contributed by atoms with Crippen LogP contribution in [0.5, 0.6) is 11.5 Å². The summed E-state index contributed by atoms with van der Waals surface area (Å²) in [6.07, 6.45) is 0.